The van der Waals surface area contributed by atoms with Crippen LogP contribution >= 0.6 is 0 Å². The number of hydrogen-bond donors (Lipinski definition) is 1. The van der Waals surface area contributed by atoms with E-state index >= 15 is 0 Å². The van der Waals surface area contributed by atoms with Gasteiger partial charge in [0.1, 0.15) is 18.9 Å². The van der Waals surface area contributed by atoms with Crippen molar-refractivity contribution < 1.29 is 32.2 Å². The Morgan fingerprint density at radius 2 is 1.70 bits per heavy atom. The molecule has 0 unspecified atom stereocenters. The van der Waals surface area contributed by atoms with Crippen molar-refractivity contribution >= 4 is 11.9 Å². The zero-order valence-corrected chi connectivity index (χ0v) is 14.5. The van der Waals surface area contributed by atoms with E-state index in [4.69, 9.17) is 9.47 Å². The SMILES string of the molecule is CCOc1ccc(C(=O)NCC(=O)OCc2ccccc2C(F)(F)F)cc1. The van der Waals surface area contributed by atoms with Gasteiger partial charge >= 0.3 is 12.1 Å². The van der Waals surface area contributed by atoms with E-state index in [0.717, 1.165) is 6.07 Å². The average Bonchev–Trinajstić information content (AvgIpc) is 2.65. The Labute approximate surface area is 154 Å². The lowest BCUT2D eigenvalue weighted by atomic mass is 10.1. The molecule has 0 saturated carbocycles. The van der Waals surface area contributed by atoms with E-state index in [-0.39, 0.29) is 5.56 Å². The first-order valence-electron chi connectivity index (χ1n) is 8.13. The lowest BCUT2D eigenvalue weighted by molar-refractivity contribution is -0.146. The molecule has 0 heterocycles. The number of rotatable bonds is 7. The summed E-state index contributed by atoms with van der Waals surface area (Å²) >= 11 is 0. The molecule has 5 nitrogen and oxygen atoms in total. The molecular weight excluding hydrogens is 363 g/mol. The lowest BCUT2D eigenvalue weighted by Gasteiger charge is -2.13. The van der Waals surface area contributed by atoms with Crippen LogP contribution in [0.1, 0.15) is 28.4 Å². The van der Waals surface area contributed by atoms with Gasteiger partial charge < -0.3 is 14.8 Å². The highest BCUT2D eigenvalue weighted by Crippen LogP contribution is 2.32. The number of nitrogens with one attached hydrogen (secondary N) is 1. The molecule has 2 rings (SSSR count). The largest absolute Gasteiger partial charge is 0.494 e. The monoisotopic (exact) mass is 381 g/mol. The second-order valence-electron chi connectivity index (χ2n) is 5.46. The van der Waals surface area contributed by atoms with Gasteiger partial charge in [0.2, 0.25) is 0 Å². The van der Waals surface area contributed by atoms with Crippen LogP contribution in [0.5, 0.6) is 5.75 Å². The standard InChI is InChI=1S/C19H18F3NO4/c1-2-26-15-9-7-13(8-10-15)18(25)23-11-17(24)27-12-14-5-3-4-6-16(14)19(20,21)22/h3-10H,2,11-12H2,1H3,(H,23,25). The summed E-state index contributed by atoms with van der Waals surface area (Å²) < 4.78 is 48.7. The van der Waals surface area contributed by atoms with Crippen LogP contribution in [0.3, 0.4) is 0 Å². The zero-order valence-electron chi connectivity index (χ0n) is 14.5. The Bertz CT molecular complexity index is 788. The maximum atomic E-state index is 12.9. The Balaban J connectivity index is 1.85. The first kappa shape index (κ1) is 20.3. The second kappa shape index (κ2) is 9.07. The van der Waals surface area contributed by atoms with Crippen molar-refractivity contribution in [2.24, 2.45) is 0 Å². The molecule has 0 saturated heterocycles. The molecule has 2 aromatic carbocycles. The molecule has 0 fully saturated rings. The minimum atomic E-state index is -4.54. The number of carbonyl (C=O) groups excluding carboxylic acids is 2. The van der Waals surface area contributed by atoms with Crippen LogP contribution in [-0.4, -0.2) is 25.0 Å². The molecule has 0 spiro atoms. The molecule has 0 atom stereocenters. The van der Waals surface area contributed by atoms with Crippen LogP contribution in [0.25, 0.3) is 0 Å². The lowest BCUT2D eigenvalue weighted by Crippen LogP contribution is -2.30. The van der Waals surface area contributed by atoms with Gasteiger partial charge in [0.05, 0.1) is 12.2 Å². The molecule has 0 bridgehead atoms. The van der Waals surface area contributed by atoms with Gasteiger partial charge in [-0.15, -0.1) is 0 Å². The number of alkyl halides is 3. The molecule has 27 heavy (non-hydrogen) atoms. The van der Waals surface area contributed by atoms with Crippen molar-refractivity contribution in [2.75, 3.05) is 13.2 Å². The molecule has 144 valence electrons. The first-order valence-corrected chi connectivity index (χ1v) is 8.13. The van der Waals surface area contributed by atoms with Crippen LogP contribution in [0.15, 0.2) is 48.5 Å². The third-order valence-electron chi connectivity index (χ3n) is 3.53. The summed E-state index contributed by atoms with van der Waals surface area (Å²) in [6.45, 7) is 1.34. The summed E-state index contributed by atoms with van der Waals surface area (Å²) in [5.41, 5.74) is -0.707. The van der Waals surface area contributed by atoms with Crippen molar-refractivity contribution in [3.05, 3.63) is 65.2 Å². The van der Waals surface area contributed by atoms with Gasteiger partial charge in [0, 0.05) is 11.1 Å². The normalized spacial score (nSPS) is 11.0. The van der Waals surface area contributed by atoms with Crippen LogP contribution in [0.4, 0.5) is 13.2 Å². The summed E-state index contributed by atoms with van der Waals surface area (Å²) in [5.74, 6) is -0.742. The molecule has 0 aromatic heterocycles. The average molecular weight is 381 g/mol. The molecule has 0 aliphatic rings. The van der Waals surface area contributed by atoms with Crippen molar-refractivity contribution in [2.45, 2.75) is 19.7 Å². The molecular formula is C19H18F3NO4. The first-order chi connectivity index (χ1) is 12.8. The van der Waals surface area contributed by atoms with Gasteiger partial charge in [-0.05, 0) is 37.3 Å². The van der Waals surface area contributed by atoms with Gasteiger partial charge in [-0.25, -0.2) is 0 Å². The molecule has 1 N–H and O–H groups in total. The van der Waals surface area contributed by atoms with Crippen molar-refractivity contribution in [1.29, 1.82) is 0 Å². The number of ether oxygens (including phenoxy) is 2. The predicted molar refractivity (Wildman–Crippen MR) is 91.2 cm³/mol. The number of amides is 1. The van der Waals surface area contributed by atoms with Crippen LogP contribution in [-0.2, 0) is 22.3 Å². The Kier molecular flexibility index (Phi) is 6.81. The predicted octanol–water partition coefficient (Wildman–Crippen LogP) is 3.58. The van der Waals surface area contributed by atoms with E-state index in [2.05, 4.69) is 5.32 Å². The summed E-state index contributed by atoms with van der Waals surface area (Å²) in [6, 6.07) is 11.1. The fourth-order valence-corrected chi connectivity index (χ4v) is 2.26. The minimum absolute atomic E-state index is 0.156. The molecule has 2 aromatic rings. The highest BCUT2D eigenvalue weighted by molar-refractivity contribution is 5.96. The van der Waals surface area contributed by atoms with E-state index in [0.29, 0.717) is 17.9 Å². The smallest absolute Gasteiger partial charge is 0.416 e. The molecule has 0 aliphatic heterocycles. The van der Waals surface area contributed by atoms with Gasteiger partial charge in [-0.3, -0.25) is 9.59 Å². The number of carbonyl (C=O) groups is 2. The molecule has 1 amide bonds. The van der Waals surface area contributed by atoms with Crippen molar-refractivity contribution in [3.8, 4) is 5.75 Å². The van der Waals surface area contributed by atoms with Crippen LogP contribution in [0, 0.1) is 0 Å². The number of esters is 1. The molecule has 0 aliphatic carbocycles. The third kappa shape index (κ3) is 6.02. The maximum Gasteiger partial charge on any atom is 0.416 e. The topological polar surface area (TPSA) is 64.6 Å². The van der Waals surface area contributed by atoms with Gasteiger partial charge in [-0.2, -0.15) is 13.2 Å². The van der Waals surface area contributed by atoms with E-state index in [1.807, 2.05) is 6.92 Å². The number of halogens is 3. The maximum absolute atomic E-state index is 12.9. The number of benzene rings is 2. The van der Waals surface area contributed by atoms with Crippen molar-refractivity contribution in [3.63, 3.8) is 0 Å². The summed E-state index contributed by atoms with van der Waals surface area (Å²) in [6.07, 6.45) is -4.54. The number of hydrogen-bond acceptors (Lipinski definition) is 4. The van der Waals surface area contributed by atoms with Gasteiger partial charge in [0.15, 0.2) is 0 Å². The quantitative estimate of drug-likeness (QED) is 0.745. The van der Waals surface area contributed by atoms with Gasteiger partial charge in [-0.1, -0.05) is 18.2 Å². The zero-order chi connectivity index (χ0) is 19.9. The Morgan fingerprint density at radius 1 is 1.04 bits per heavy atom. The Morgan fingerprint density at radius 3 is 2.33 bits per heavy atom. The molecule has 8 heteroatoms. The van der Waals surface area contributed by atoms with Gasteiger partial charge in [0.25, 0.3) is 5.91 Å². The van der Waals surface area contributed by atoms with Crippen LogP contribution < -0.4 is 10.1 Å². The van der Waals surface area contributed by atoms with Crippen LogP contribution in [0.2, 0.25) is 0 Å². The van der Waals surface area contributed by atoms with E-state index in [1.54, 1.807) is 12.1 Å². The minimum Gasteiger partial charge on any atom is -0.494 e. The van der Waals surface area contributed by atoms with Crippen molar-refractivity contribution in [1.82, 2.24) is 5.32 Å². The summed E-state index contributed by atoms with van der Waals surface area (Å²) in [4.78, 5) is 23.7. The highest BCUT2D eigenvalue weighted by atomic mass is 19.4. The highest BCUT2D eigenvalue weighted by Gasteiger charge is 2.33. The second-order valence-corrected chi connectivity index (χ2v) is 5.46. The molecule has 0 radical (unpaired) electrons. The van der Waals surface area contributed by atoms with E-state index in [1.165, 1.54) is 30.3 Å². The fraction of sp³-hybridized carbons (Fsp3) is 0.263. The fourth-order valence-electron chi connectivity index (χ4n) is 2.26. The van der Waals surface area contributed by atoms with E-state index in [9.17, 15) is 22.8 Å². The Hall–Kier alpha value is -3.03. The summed E-state index contributed by atoms with van der Waals surface area (Å²) in [7, 11) is 0. The third-order valence-corrected chi connectivity index (χ3v) is 3.53. The van der Waals surface area contributed by atoms with E-state index < -0.39 is 36.8 Å². The summed E-state index contributed by atoms with van der Waals surface area (Å²) in [5, 5.41) is 2.35.